The van der Waals surface area contributed by atoms with Crippen LogP contribution in [0.25, 0.3) is 0 Å². The number of aliphatic carboxylic acids is 2. The van der Waals surface area contributed by atoms with Crippen LogP contribution in [0.5, 0.6) is 0 Å². The van der Waals surface area contributed by atoms with Gasteiger partial charge in [-0.1, -0.05) is 20.3 Å². The highest BCUT2D eigenvalue weighted by Crippen LogP contribution is 2.22. The summed E-state index contributed by atoms with van der Waals surface area (Å²) in [5.74, 6) is -14.7. The number of guanidine groups is 3. The number of Topliss-reactive ketones (excluding diaryl/α,β-unsaturated/α-hetero) is 5. The van der Waals surface area contributed by atoms with Crippen molar-refractivity contribution < 1.29 is 73.2 Å². The Morgan fingerprint density at radius 3 is 1.20 bits per heavy atom. The highest BCUT2D eigenvalue weighted by atomic mass is 16.4. The van der Waals surface area contributed by atoms with Crippen molar-refractivity contribution in [3.8, 4) is 0 Å². The van der Waals surface area contributed by atoms with Crippen LogP contribution in [0.2, 0.25) is 0 Å². The molecule has 4 amide bonds. The molecule has 0 fully saturated rings. The largest absolute Gasteiger partial charge is 0.481 e. The number of carboxylic acids is 2. The number of aliphatic hydroxyl groups is 2. The van der Waals surface area contributed by atoms with Crippen molar-refractivity contribution in [2.75, 3.05) is 46.4 Å². The standard InChI is InChI=1S/C49H87N15O15/c1-4-36(67)33(24-42(74)75)63-43(76)27(2)20-37(68)35(26-66)64-46(79)29(11-7-17-58-47(51)52)22-38(69)31(13-9-19-60-49(55)56)61-44(77)28(10-5-6-16-50)21-39(70)32(14-15-41(72)73)62-45(78)30(12-8-18-59-48(53)54)23-40(71)34(25-65)57-3/h27-35,57,65-66H,4-26,50H2,1-3H3,(H,61,77)(H,62,78)(H,63,76)(H,64,79)(H,72,73)(H,74,75)(H4,51,52,58)(H4,53,54,59)(H4,55,56,60)/t27-,28-,29-,30-,31-,32+,33+,34+,35+/m1/s1. The molecule has 0 aromatic heterocycles. The molecule has 0 rings (SSSR count). The van der Waals surface area contributed by atoms with E-state index in [4.69, 9.17) is 40.1 Å². The van der Waals surface area contributed by atoms with Gasteiger partial charge in [0.15, 0.2) is 46.8 Å². The minimum atomic E-state index is -1.60. The molecular formula is C49H87N15O15. The SMILES string of the molecule is CCC(=O)[C@H](CC(=O)O)NC(=O)[C@H](C)CC(=O)[C@H](CO)NC(=O)[C@H](CCCN=C(N)N)CC(=O)[C@@H](CCCN=C(N)N)NC(=O)[C@H](CCCCN)CC(=O)[C@H](CCC(=O)O)NC(=O)[C@H](CCCN=C(N)N)CC(=O)[C@H](CO)NC. The summed E-state index contributed by atoms with van der Waals surface area (Å²) in [6.45, 7) is 1.58. The Hall–Kier alpha value is -7.18. The van der Waals surface area contributed by atoms with Gasteiger partial charge in [0.25, 0.3) is 0 Å². The zero-order valence-corrected chi connectivity index (χ0v) is 45.6. The Labute approximate surface area is 459 Å². The molecule has 0 heterocycles. The minimum absolute atomic E-state index is 0.00250. The molecule has 0 aliphatic heterocycles. The van der Waals surface area contributed by atoms with Crippen LogP contribution in [0.15, 0.2) is 15.0 Å². The summed E-state index contributed by atoms with van der Waals surface area (Å²) < 4.78 is 0. The highest BCUT2D eigenvalue weighted by Gasteiger charge is 2.35. The number of carbonyl (C=O) groups is 11. The summed E-state index contributed by atoms with van der Waals surface area (Å²) in [6.07, 6.45) is -2.82. The number of aliphatic hydroxyl groups excluding tert-OH is 2. The summed E-state index contributed by atoms with van der Waals surface area (Å²) in [7, 11) is 1.44. The second-order valence-electron chi connectivity index (χ2n) is 19.1. The summed E-state index contributed by atoms with van der Waals surface area (Å²) in [5.41, 5.74) is 38.6. The molecule has 0 saturated carbocycles. The fourth-order valence-corrected chi connectivity index (χ4v) is 8.13. The third-order valence-corrected chi connectivity index (χ3v) is 12.7. The number of hydrogen-bond donors (Lipinski definition) is 16. The lowest BCUT2D eigenvalue weighted by molar-refractivity contribution is -0.141. The van der Waals surface area contributed by atoms with E-state index in [1.165, 1.54) is 20.9 Å². The Morgan fingerprint density at radius 1 is 0.443 bits per heavy atom. The lowest BCUT2D eigenvalue weighted by Gasteiger charge is -2.26. The number of carbonyl (C=O) groups excluding carboxylic acids is 9. The van der Waals surface area contributed by atoms with Crippen LogP contribution in [0.1, 0.15) is 123 Å². The smallest absolute Gasteiger partial charge is 0.305 e. The van der Waals surface area contributed by atoms with Crippen LogP contribution in [-0.2, 0) is 52.7 Å². The number of amides is 4. The van der Waals surface area contributed by atoms with Crippen LogP contribution in [0.3, 0.4) is 0 Å². The lowest BCUT2D eigenvalue weighted by atomic mass is 9.88. The van der Waals surface area contributed by atoms with Crippen molar-refractivity contribution in [1.29, 1.82) is 0 Å². The molecule has 448 valence electrons. The van der Waals surface area contributed by atoms with Crippen LogP contribution in [0.4, 0.5) is 0 Å². The molecule has 9 atom stereocenters. The third kappa shape index (κ3) is 31.1. The molecule has 0 aliphatic carbocycles. The molecule has 23 N–H and O–H groups in total. The number of ketones is 5. The number of unbranched alkanes of at least 4 members (excludes halogenated alkanes) is 1. The molecule has 0 bridgehead atoms. The van der Waals surface area contributed by atoms with Gasteiger partial charge in [-0.3, -0.25) is 67.7 Å². The van der Waals surface area contributed by atoms with Gasteiger partial charge in [-0.2, -0.15) is 0 Å². The van der Waals surface area contributed by atoms with Gasteiger partial charge in [-0.05, 0) is 71.4 Å². The Kier molecular flexibility index (Phi) is 36.4. The van der Waals surface area contributed by atoms with Gasteiger partial charge in [0, 0.05) is 81.8 Å². The topological polar surface area (TPSA) is 548 Å². The number of aliphatic imine (C=N–C) groups is 3. The molecule has 0 aliphatic rings. The van der Waals surface area contributed by atoms with Gasteiger partial charge < -0.3 is 87.1 Å². The fraction of sp³-hybridized carbons (Fsp3) is 0.714. The molecular weight excluding hydrogens is 1040 g/mol. The average molecular weight is 1130 g/mol. The van der Waals surface area contributed by atoms with Gasteiger partial charge >= 0.3 is 11.9 Å². The van der Waals surface area contributed by atoms with Crippen molar-refractivity contribution in [2.24, 2.45) is 78.8 Å². The number of nitrogens with two attached hydrogens (primary N) is 7. The van der Waals surface area contributed by atoms with Gasteiger partial charge in [0.2, 0.25) is 23.6 Å². The van der Waals surface area contributed by atoms with E-state index in [9.17, 15) is 73.2 Å². The summed E-state index contributed by atoms with van der Waals surface area (Å²) >= 11 is 0. The van der Waals surface area contributed by atoms with E-state index in [0.717, 1.165) is 0 Å². The average Bonchev–Trinajstić information content (AvgIpc) is 3.38. The van der Waals surface area contributed by atoms with Crippen molar-refractivity contribution in [2.45, 2.75) is 153 Å². The number of hydrogen-bond acceptors (Lipinski definition) is 18. The first-order chi connectivity index (χ1) is 37.2. The van der Waals surface area contributed by atoms with Crippen molar-refractivity contribution in [3.63, 3.8) is 0 Å². The summed E-state index contributed by atoms with van der Waals surface area (Å²) in [6, 6.07) is -6.81. The maximum atomic E-state index is 14.4. The van der Waals surface area contributed by atoms with Crippen LogP contribution in [0, 0.1) is 23.7 Å². The maximum Gasteiger partial charge on any atom is 0.305 e. The number of rotatable bonds is 46. The molecule has 30 nitrogen and oxygen atoms in total. The number of nitrogens with zero attached hydrogens (tertiary/aromatic N) is 3. The Balaban J connectivity index is 6.97. The highest BCUT2D eigenvalue weighted by molar-refractivity contribution is 5.98. The predicted molar refractivity (Wildman–Crippen MR) is 290 cm³/mol. The first-order valence-corrected chi connectivity index (χ1v) is 26.3. The second kappa shape index (κ2) is 40.1. The van der Waals surface area contributed by atoms with Crippen molar-refractivity contribution in [1.82, 2.24) is 26.6 Å². The maximum absolute atomic E-state index is 14.4. The van der Waals surface area contributed by atoms with E-state index in [2.05, 4.69) is 41.6 Å². The van der Waals surface area contributed by atoms with Crippen molar-refractivity contribution >= 4 is 82.4 Å². The van der Waals surface area contributed by atoms with Gasteiger partial charge in [0.1, 0.15) is 6.04 Å². The molecule has 30 heteroatoms. The fourth-order valence-electron chi connectivity index (χ4n) is 8.13. The quantitative estimate of drug-likeness (QED) is 0.0155. The number of carboxylic acid groups (broad SMARTS) is 2. The third-order valence-electron chi connectivity index (χ3n) is 12.7. The first kappa shape index (κ1) is 71.8. The molecule has 0 aromatic rings. The van der Waals surface area contributed by atoms with Gasteiger partial charge in [-0.15, -0.1) is 0 Å². The minimum Gasteiger partial charge on any atom is -0.481 e. The normalized spacial score (nSPS) is 14.4. The van der Waals surface area contributed by atoms with Crippen LogP contribution < -0.4 is 66.7 Å². The van der Waals surface area contributed by atoms with E-state index in [0.29, 0.717) is 12.8 Å². The zero-order valence-electron chi connectivity index (χ0n) is 45.6. The zero-order chi connectivity index (χ0) is 60.2. The van der Waals surface area contributed by atoms with E-state index >= 15 is 0 Å². The van der Waals surface area contributed by atoms with Gasteiger partial charge in [0.05, 0.1) is 43.8 Å². The predicted octanol–water partition coefficient (Wildman–Crippen LogP) is -4.57. The molecule has 0 radical (unpaired) electrons. The van der Waals surface area contributed by atoms with E-state index in [-0.39, 0.29) is 102 Å². The van der Waals surface area contributed by atoms with E-state index in [1.54, 1.807) is 0 Å². The van der Waals surface area contributed by atoms with E-state index < -0.39 is 170 Å². The molecule has 0 unspecified atom stereocenters. The van der Waals surface area contributed by atoms with Crippen LogP contribution >= 0.6 is 0 Å². The number of likely N-dealkylation sites (N-methyl/N-ethyl adjacent to an activating group) is 1. The second-order valence-corrected chi connectivity index (χ2v) is 19.1. The van der Waals surface area contributed by atoms with Gasteiger partial charge in [-0.25, -0.2) is 0 Å². The molecule has 0 saturated heterocycles. The van der Waals surface area contributed by atoms with Crippen molar-refractivity contribution in [3.05, 3.63) is 0 Å². The Bertz CT molecular complexity index is 2110. The first-order valence-electron chi connectivity index (χ1n) is 26.3. The molecule has 79 heavy (non-hydrogen) atoms. The summed E-state index contributed by atoms with van der Waals surface area (Å²) in [5, 5.41) is 51.5. The molecule has 0 aromatic carbocycles. The number of nitrogens with one attached hydrogen (secondary N) is 5. The lowest BCUT2D eigenvalue weighted by Crippen LogP contribution is -2.49. The summed E-state index contributed by atoms with van der Waals surface area (Å²) in [4.78, 5) is 158. The Morgan fingerprint density at radius 2 is 0.823 bits per heavy atom. The monoisotopic (exact) mass is 1130 g/mol. The van der Waals surface area contributed by atoms with Crippen LogP contribution in [-0.4, -0.2) is 179 Å². The van der Waals surface area contributed by atoms with E-state index in [1.807, 2.05) is 0 Å². The molecule has 0 spiro atoms.